The molecule has 1 aromatic rings. The number of nitro groups is 1. The summed E-state index contributed by atoms with van der Waals surface area (Å²) in [7, 11) is 0. The van der Waals surface area contributed by atoms with Crippen molar-refractivity contribution in [3.05, 3.63) is 37.9 Å². The van der Waals surface area contributed by atoms with Crippen LogP contribution in [0.25, 0.3) is 0 Å². The first kappa shape index (κ1) is 12.3. The lowest BCUT2D eigenvalue weighted by atomic mass is 9.87. The van der Waals surface area contributed by atoms with E-state index in [0.717, 1.165) is 5.56 Å². The molecule has 3 nitrogen and oxygen atoms in total. The Morgan fingerprint density at radius 2 is 1.80 bits per heavy atom. The summed E-state index contributed by atoms with van der Waals surface area (Å²) < 4.78 is 0. The van der Waals surface area contributed by atoms with E-state index >= 15 is 0 Å². The van der Waals surface area contributed by atoms with Gasteiger partial charge in [-0.05, 0) is 17.0 Å². The summed E-state index contributed by atoms with van der Waals surface area (Å²) in [4.78, 5) is 10.2. The molecule has 0 aliphatic heterocycles. The highest BCUT2D eigenvalue weighted by Gasteiger charge is 2.26. The van der Waals surface area contributed by atoms with Crippen molar-refractivity contribution < 1.29 is 4.92 Å². The zero-order chi connectivity index (χ0) is 11.8. The van der Waals surface area contributed by atoms with Crippen molar-refractivity contribution in [2.45, 2.75) is 26.2 Å². The van der Waals surface area contributed by atoms with Crippen LogP contribution in [-0.2, 0) is 5.41 Å². The molecule has 0 aliphatic rings. The average Bonchev–Trinajstić information content (AvgIpc) is 2.00. The van der Waals surface area contributed by atoms with Gasteiger partial charge in [-0.3, -0.25) is 10.1 Å². The number of hydrogen-bond acceptors (Lipinski definition) is 2. The number of rotatable bonds is 1. The molecule has 5 heteroatoms. The van der Waals surface area contributed by atoms with Crippen LogP contribution >= 0.6 is 23.2 Å². The van der Waals surface area contributed by atoms with Crippen molar-refractivity contribution in [1.29, 1.82) is 0 Å². The first-order valence-corrected chi connectivity index (χ1v) is 5.13. The van der Waals surface area contributed by atoms with Crippen LogP contribution < -0.4 is 0 Å². The van der Waals surface area contributed by atoms with E-state index in [2.05, 4.69) is 0 Å². The van der Waals surface area contributed by atoms with Crippen molar-refractivity contribution in [2.75, 3.05) is 0 Å². The van der Waals surface area contributed by atoms with Crippen LogP contribution in [-0.4, -0.2) is 4.92 Å². The Bertz CT molecular complexity index is 411. The summed E-state index contributed by atoms with van der Waals surface area (Å²) in [6.07, 6.45) is 0. The van der Waals surface area contributed by atoms with Gasteiger partial charge in [-0.2, -0.15) is 0 Å². The third-order valence-electron chi connectivity index (χ3n) is 2.06. The monoisotopic (exact) mass is 247 g/mol. The molecule has 0 fully saturated rings. The van der Waals surface area contributed by atoms with E-state index in [-0.39, 0.29) is 21.1 Å². The van der Waals surface area contributed by atoms with E-state index in [0.29, 0.717) is 0 Å². The van der Waals surface area contributed by atoms with E-state index in [9.17, 15) is 10.1 Å². The Hall–Kier alpha value is -0.800. The second kappa shape index (κ2) is 3.99. The molecular weight excluding hydrogens is 237 g/mol. The zero-order valence-electron chi connectivity index (χ0n) is 8.67. The van der Waals surface area contributed by atoms with Crippen LogP contribution in [0.5, 0.6) is 0 Å². The highest BCUT2D eigenvalue weighted by atomic mass is 35.5. The van der Waals surface area contributed by atoms with Crippen molar-refractivity contribution >= 4 is 28.9 Å². The second-order valence-corrected chi connectivity index (χ2v) is 5.05. The number of hydrogen-bond donors (Lipinski definition) is 0. The smallest absolute Gasteiger partial charge is 0.258 e. The molecule has 0 amide bonds. The van der Waals surface area contributed by atoms with Gasteiger partial charge in [0.15, 0.2) is 0 Å². The summed E-state index contributed by atoms with van der Waals surface area (Å²) >= 11 is 11.7. The predicted molar refractivity (Wildman–Crippen MR) is 61.8 cm³/mol. The standard InChI is InChI=1S/C10H11Cl2NO2/c1-10(2,3)6-4-5-7(11)9(8(6)12)13(14)15/h4-5H,1-3H3. The molecule has 1 rings (SSSR count). The normalized spacial score (nSPS) is 11.5. The summed E-state index contributed by atoms with van der Waals surface area (Å²) in [6.45, 7) is 5.81. The molecule has 0 aliphatic carbocycles. The first-order chi connectivity index (χ1) is 6.75. The molecule has 0 aromatic heterocycles. The number of halogens is 2. The zero-order valence-corrected chi connectivity index (χ0v) is 10.2. The molecule has 0 heterocycles. The van der Waals surface area contributed by atoms with Crippen LogP contribution in [0.15, 0.2) is 12.1 Å². The van der Waals surface area contributed by atoms with Gasteiger partial charge in [0.1, 0.15) is 10.0 Å². The van der Waals surface area contributed by atoms with Crippen LogP contribution in [0.2, 0.25) is 10.0 Å². The van der Waals surface area contributed by atoms with Crippen molar-refractivity contribution in [1.82, 2.24) is 0 Å². The summed E-state index contributed by atoms with van der Waals surface area (Å²) in [5.41, 5.74) is 0.262. The molecule has 82 valence electrons. The quantitative estimate of drug-likeness (QED) is 0.552. The van der Waals surface area contributed by atoms with Gasteiger partial charge in [0.25, 0.3) is 0 Å². The highest BCUT2D eigenvalue weighted by Crippen LogP contribution is 2.39. The van der Waals surface area contributed by atoms with Gasteiger partial charge in [-0.25, -0.2) is 0 Å². The fourth-order valence-corrected chi connectivity index (χ4v) is 2.08. The van der Waals surface area contributed by atoms with Gasteiger partial charge in [0, 0.05) is 0 Å². The SMILES string of the molecule is CC(C)(C)c1ccc(Cl)c([N+](=O)[O-])c1Cl. The molecule has 0 spiro atoms. The third-order valence-corrected chi connectivity index (χ3v) is 2.75. The Kier molecular flexibility index (Phi) is 3.26. The van der Waals surface area contributed by atoms with Gasteiger partial charge in [-0.1, -0.05) is 50.0 Å². The molecule has 0 N–H and O–H groups in total. The molecule has 0 unspecified atom stereocenters. The Labute approximate surface area is 98.2 Å². The van der Waals surface area contributed by atoms with Crippen LogP contribution in [0, 0.1) is 10.1 Å². The van der Waals surface area contributed by atoms with Crippen molar-refractivity contribution in [3.8, 4) is 0 Å². The lowest BCUT2D eigenvalue weighted by Crippen LogP contribution is -2.12. The molecule has 0 radical (unpaired) electrons. The van der Waals surface area contributed by atoms with Crippen LogP contribution in [0.4, 0.5) is 5.69 Å². The molecule has 15 heavy (non-hydrogen) atoms. The number of nitrogens with zero attached hydrogens (tertiary/aromatic N) is 1. The summed E-state index contributed by atoms with van der Waals surface area (Å²) in [6, 6.07) is 3.23. The fourth-order valence-electron chi connectivity index (χ4n) is 1.29. The minimum Gasteiger partial charge on any atom is -0.258 e. The third kappa shape index (κ3) is 2.41. The van der Waals surface area contributed by atoms with Crippen LogP contribution in [0.3, 0.4) is 0 Å². The van der Waals surface area contributed by atoms with Crippen molar-refractivity contribution in [2.24, 2.45) is 0 Å². The maximum atomic E-state index is 10.8. The molecule has 0 bridgehead atoms. The largest absolute Gasteiger partial charge is 0.306 e. The summed E-state index contributed by atoms with van der Waals surface area (Å²) in [5.74, 6) is 0. The van der Waals surface area contributed by atoms with E-state index in [4.69, 9.17) is 23.2 Å². The number of benzene rings is 1. The van der Waals surface area contributed by atoms with Gasteiger partial charge < -0.3 is 0 Å². The van der Waals surface area contributed by atoms with E-state index in [1.807, 2.05) is 20.8 Å². The molecular formula is C10H11Cl2NO2. The lowest BCUT2D eigenvalue weighted by molar-refractivity contribution is -0.384. The summed E-state index contributed by atoms with van der Waals surface area (Å²) in [5, 5.41) is 11.0. The fraction of sp³-hybridized carbons (Fsp3) is 0.400. The van der Waals surface area contributed by atoms with E-state index in [1.54, 1.807) is 6.07 Å². The second-order valence-electron chi connectivity index (χ2n) is 4.26. The number of nitro benzene ring substituents is 1. The maximum Gasteiger partial charge on any atom is 0.306 e. The van der Waals surface area contributed by atoms with Gasteiger partial charge in [-0.15, -0.1) is 0 Å². The Balaban J connectivity index is 3.49. The molecule has 1 aromatic carbocycles. The molecule has 0 saturated carbocycles. The van der Waals surface area contributed by atoms with Gasteiger partial charge >= 0.3 is 5.69 Å². The Morgan fingerprint density at radius 3 is 2.20 bits per heavy atom. The highest BCUT2D eigenvalue weighted by molar-refractivity contribution is 6.38. The maximum absolute atomic E-state index is 10.8. The van der Waals surface area contributed by atoms with Gasteiger partial charge in [0.05, 0.1) is 4.92 Å². The molecule has 0 atom stereocenters. The van der Waals surface area contributed by atoms with Crippen LogP contribution in [0.1, 0.15) is 26.3 Å². The first-order valence-electron chi connectivity index (χ1n) is 4.38. The van der Waals surface area contributed by atoms with Crippen molar-refractivity contribution in [3.63, 3.8) is 0 Å². The molecule has 0 saturated heterocycles. The minimum atomic E-state index is -0.556. The predicted octanol–water partition coefficient (Wildman–Crippen LogP) is 4.20. The topological polar surface area (TPSA) is 43.1 Å². The average molecular weight is 248 g/mol. The van der Waals surface area contributed by atoms with E-state index < -0.39 is 4.92 Å². The Morgan fingerprint density at radius 1 is 1.27 bits per heavy atom. The minimum absolute atomic E-state index is 0.0676. The van der Waals surface area contributed by atoms with Gasteiger partial charge in [0.2, 0.25) is 0 Å². The lowest BCUT2D eigenvalue weighted by Gasteiger charge is -2.20. The van der Waals surface area contributed by atoms with E-state index in [1.165, 1.54) is 6.07 Å².